The molecule has 1 aliphatic heterocycles. The first-order valence-corrected chi connectivity index (χ1v) is 11.0. The van der Waals surface area contributed by atoms with Gasteiger partial charge in [0.15, 0.2) is 0 Å². The minimum absolute atomic E-state index is 0.520. The number of ether oxygens (including phenoxy) is 1. The Labute approximate surface area is 200 Å². The third-order valence-corrected chi connectivity index (χ3v) is 5.57. The lowest BCUT2D eigenvalue weighted by Crippen LogP contribution is -2.36. The molecule has 3 N–H and O–H groups in total. The van der Waals surface area contributed by atoms with Crippen LogP contribution in [-0.4, -0.2) is 44.5 Å². The van der Waals surface area contributed by atoms with E-state index in [2.05, 4.69) is 40.5 Å². The van der Waals surface area contributed by atoms with Crippen LogP contribution >= 0.6 is 0 Å². The fourth-order valence-corrected chi connectivity index (χ4v) is 3.93. The Morgan fingerprint density at radius 3 is 2.80 bits per heavy atom. The molecule has 5 aromatic rings. The maximum Gasteiger partial charge on any atom is 0.275 e. The van der Waals surface area contributed by atoms with Gasteiger partial charge in [0.1, 0.15) is 11.6 Å². The number of H-pyrrole nitrogens is 1. The summed E-state index contributed by atoms with van der Waals surface area (Å²) in [5, 5.41) is 8.28. The Bertz CT molecular complexity index is 1540. The number of imidazole rings is 1. The van der Waals surface area contributed by atoms with Crippen LogP contribution in [-0.2, 0) is 0 Å². The molecule has 1 unspecified atom stereocenters. The van der Waals surface area contributed by atoms with Gasteiger partial charge in [-0.05, 0) is 30.3 Å². The number of hydrogen-bond donors (Lipinski definition) is 3. The van der Waals surface area contributed by atoms with Crippen molar-refractivity contribution in [3.63, 3.8) is 0 Å². The smallest absolute Gasteiger partial charge is 0.275 e. The number of rotatable bonds is 6. The molecule has 0 saturated heterocycles. The molecule has 10 heteroatoms. The molecule has 0 saturated carbocycles. The molecule has 172 valence electrons. The van der Waals surface area contributed by atoms with Crippen molar-refractivity contribution in [3.8, 4) is 5.75 Å². The highest BCUT2D eigenvalue weighted by molar-refractivity contribution is 5.99. The van der Waals surface area contributed by atoms with Gasteiger partial charge in [-0.3, -0.25) is 9.88 Å². The molecule has 0 bridgehead atoms. The zero-order valence-electron chi connectivity index (χ0n) is 18.8. The Hall–Kier alpha value is -4.99. The first-order chi connectivity index (χ1) is 17.3. The van der Waals surface area contributed by atoms with Gasteiger partial charge in [0.25, 0.3) is 6.35 Å². The second kappa shape index (κ2) is 8.75. The standard InChI is InChI=1S/C25H21N9O/c1-26-23-28-13-10-22(33-23)34-14-4-11-29-25(34)35-21-8-7-18(16-5-2-3-6-17(16)21)30-24-31-19-9-12-27-15-20(19)32-24/h2-15,25H,1H3,(H,26,28,33)(H2,30,31,32). The maximum atomic E-state index is 6.40. The summed E-state index contributed by atoms with van der Waals surface area (Å²) in [4.78, 5) is 27.1. The molecule has 0 fully saturated rings. The number of hydrogen-bond acceptors (Lipinski definition) is 9. The summed E-state index contributed by atoms with van der Waals surface area (Å²) in [5.41, 5.74) is 2.62. The van der Waals surface area contributed by atoms with Gasteiger partial charge >= 0.3 is 0 Å². The van der Waals surface area contributed by atoms with E-state index >= 15 is 0 Å². The Morgan fingerprint density at radius 2 is 1.91 bits per heavy atom. The van der Waals surface area contributed by atoms with E-state index in [9.17, 15) is 0 Å². The molecule has 0 amide bonds. The van der Waals surface area contributed by atoms with Crippen LogP contribution in [0.3, 0.4) is 0 Å². The fourth-order valence-electron chi connectivity index (χ4n) is 3.93. The van der Waals surface area contributed by atoms with Crippen LogP contribution in [0, 0.1) is 0 Å². The predicted octanol–water partition coefficient (Wildman–Crippen LogP) is 4.45. The summed E-state index contributed by atoms with van der Waals surface area (Å²) >= 11 is 0. The normalized spacial score (nSPS) is 15.0. The topological polar surface area (TPSA) is 116 Å². The van der Waals surface area contributed by atoms with E-state index < -0.39 is 6.35 Å². The van der Waals surface area contributed by atoms with Gasteiger partial charge in [-0.1, -0.05) is 24.3 Å². The molecule has 1 aliphatic rings. The summed E-state index contributed by atoms with van der Waals surface area (Å²) < 4.78 is 6.40. The number of aliphatic imine (C=N–C) groups is 1. The average molecular weight is 464 g/mol. The number of allylic oxidation sites excluding steroid dienone is 1. The highest BCUT2D eigenvalue weighted by Gasteiger charge is 2.22. The molecular formula is C25H21N9O. The molecule has 0 spiro atoms. The first-order valence-electron chi connectivity index (χ1n) is 11.0. The fraction of sp³-hybridized carbons (Fsp3) is 0.0800. The van der Waals surface area contributed by atoms with Crippen molar-refractivity contribution in [1.82, 2.24) is 24.9 Å². The minimum atomic E-state index is -0.621. The summed E-state index contributed by atoms with van der Waals surface area (Å²) in [6, 6.07) is 15.6. The van der Waals surface area contributed by atoms with Gasteiger partial charge in [-0.25, -0.2) is 15.0 Å². The van der Waals surface area contributed by atoms with Crippen LogP contribution in [0.15, 0.2) is 84.4 Å². The molecule has 6 rings (SSSR count). The number of anilines is 4. The first kappa shape index (κ1) is 20.6. The average Bonchev–Trinajstić information content (AvgIpc) is 3.33. The monoisotopic (exact) mass is 463 g/mol. The number of aromatic amines is 1. The highest BCUT2D eigenvalue weighted by atomic mass is 16.5. The summed E-state index contributed by atoms with van der Waals surface area (Å²) in [7, 11) is 1.78. The summed E-state index contributed by atoms with van der Waals surface area (Å²) in [6.45, 7) is 0. The summed E-state index contributed by atoms with van der Waals surface area (Å²) in [5.74, 6) is 2.53. The molecule has 0 aliphatic carbocycles. The van der Waals surface area contributed by atoms with Crippen molar-refractivity contribution in [1.29, 1.82) is 0 Å². The van der Waals surface area contributed by atoms with Gasteiger partial charge in [-0.15, -0.1) is 0 Å². The lowest BCUT2D eigenvalue weighted by molar-refractivity contribution is 0.218. The predicted molar refractivity (Wildman–Crippen MR) is 137 cm³/mol. The van der Waals surface area contributed by atoms with Gasteiger partial charge in [-0.2, -0.15) is 4.98 Å². The lowest BCUT2D eigenvalue weighted by Gasteiger charge is -2.29. The molecule has 3 aromatic heterocycles. The van der Waals surface area contributed by atoms with Crippen molar-refractivity contribution < 1.29 is 4.74 Å². The number of nitrogens with zero attached hydrogens (tertiary/aromatic N) is 6. The van der Waals surface area contributed by atoms with Gasteiger partial charge in [0.05, 0.1) is 17.2 Å². The highest BCUT2D eigenvalue weighted by Crippen LogP contribution is 2.34. The minimum Gasteiger partial charge on any atom is -0.449 e. The van der Waals surface area contributed by atoms with Crippen LogP contribution in [0.25, 0.3) is 21.8 Å². The Balaban J connectivity index is 1.32. The van der Waals surface area contributed by atoms with Crippen molar-refractivity contribution >= 4 is 51.4 Å². The third kappa shape index (κ3) is 3.97. The van der Waals surface area contributed by atoms with Crippen molar-refractivity contribution in [3.05, 3.63) is 79.4 Å². The number of fused-ring (bicyclic) bond motifs is 2. The van der Waals surface area contributed by atoms with Gasteiger partial charge in [0, 0.05) is 48.3 Å². The second-order valence-electron chi connectivity index (χ2n) is 7.74. The van der Waals surface area contributed by atoms with Crippen molar-refractivity contribution in [2.24, 2.45) is 4.99 Å². The van der Waals surface area contributed by atoms with E-state index in [4.69, 9.17) is 4.74 Å². The van der Waals surface area contributed by atoms with E-state index in [0.29, 0.717) is 23.5 Å². The zero-order valence-corrected chi connectivity index (χ0v) is 18.8. The molecule has 35 heavy (non-hydrogen) atoms. The number of benzene rings is 2. The molecule has 0 radical (unpaired) electrons. The van der Waals surface area contributed by atoms with Crippen molar-refractivity contribution in [2.45, 2.75) is 6.35 Å². The zero-order chi connectivity index (χ0) is 23.6. The SMILES string of the molecule is CNc1nccc(N2C=CC=NC2Oc2ccc(Nc3nc4ccncc4[nH]3)c3ccccc23)n1. The van der Waals surface area contributed by atoms with E-state index in [1.54, 1.807) is 31.9 Å². The Morgan fingerprint density at radius 1 is 1.00 bits per heavy atom. The van der Waals surface area contributed by atoms with E-state index in [0.717, 1.165) is 27.5 Å². The van der Waals surface area contributed by atoms with Gasteiger partial charge < -0.3 is 20.4 Å². The van der Waals surface area contributed by atoms with Gasteiger partial charge in [0.2, 0.25) is 11.9 Å². The Kier molecular flexibility index (Phi) is 5.15. The van der Waals surface area contributed by atoms with E-state index in [1.165, 1.54) is 0 Å². The number of aromatic nitrogens is 5. The van der Waals surface area contributed by atoms with Crippen LogP contribution in [0.2, 0.25) is 0 Å². The molecule has 10 nitrogen and oxygen atoms in total. The van der Waals surface area contributed by atoms with Crippen molar-refractivity contribution in [2.75, 3.05) is 22.6 Å². The van der Waals surface area contributed by atoms with Crippen LogP contribution < -0.4 is 20.3 Å². The maximum absolute atomic E-state index is 6.40. The quantitative estimate of drug-likeness (QED) is 0.338. The summed E-state index contributed by atoms with van der Waals surface area (Å²) in [6.07, 6.45) is 10.00. The molecule has 1 atom stereocenters. The number of pyridine rings is 1. The van der Waals surface area contributed by atoms with Crippen LogP contribution in [0.1, 0.15) is 0 Å². The molecule has 2 aromatic carbocycles. The third-order valence-electron chi connectivity index (χ3n) is 5.57. The van der Waals surface area contributed by atoms with Crippen LogP contribution in [0.5, 0.6) is 5.75 Å². The largest absolute Gasteiger partial charge is 0.449 e. The molecule has 4 heterocycles. The second-order valence-corrected chi connectivity index (χ2v) is 7.74. The lowest BCUT2D eigenvalue weighted by atomic mass is 10.1. The molecular weight excluding hydrogens is 442 g/mol. The number of nitrogens with one attached hydrogen (secondary N) is 3. The van der Waals surface area contributed by atoms with E-state index in [1.807, 2.05) is 65.7 Å². The van der Waals surface area contributed by atoms with E-state index in [-0.39, 0.29) is 0 Å². The van der Waals surface area contributed by atoms with Crippen LogP contribution in [0.4, 0.5) is 23.4 Å².